The molecule has 0 spiro atoms. The molecule has 0 aromatic rings. The Morgan fingerprint density at radius 3 is 2.58 bits per heavy atom. The lowest BCUT2D eigenvalue weighted by molar-refractivity contribution is -0.144. The number of likely N-dealkylation sites (N-methyl/N-ethyl adjacent to an activating group) is 1. The van der Waals surface area contributed by atoms with E-state index in [4.69, 9.17) is 10.5 Å². The molecule has 0 aromatic heterocycles. The number of nitrogens with two attached hydrogens (primary N) is 1. The fourth-order valence-corrected chi connectivity index (χ4v) is 4.59. The Bertz CT molecular complexity index is 437. The Hall–Kier alpha value is -0.660. The Labute approximate surface area is 114 Å². The van der Waals surface area contributed by atoms with E-state index in [-0.39, 0.29) is 29.6 Å². The Morgan fingerprint density at radius 2 is 2.11 bits per heavy atom. The summed E-state index contributed by atoms with van der Waals surface area (Å²) in [5.74, 6) is 0.179. The van der Waals surface area contributed by atoms with Crippen LogP contribution in [0.25, 0.3) is 0 Å². The molecule has 2 rings (SSSR count). The van der Waals surface area contributed by atoms with E-state index in [1.54, 1.807) is 4.90 Å². The zero-order chi connectivity index (χ0) is 14.0. The van der Waals surface area contributed by atoms with Crippen LogP contribution < -0.4 is 5.73 Å². The first-order chi connectivity index (χ1) is 8.96. The number of hydrogen-bond donors (Lipinski definition) is 1. The Kier molecular flexibility index (Phi) is 4.47. The minimum atomic E-state index is -2.98. The summed E-state index contributed by atoms with van der Waals surface area (Å²) in [5.41, 5.74) is 5.53. The van der Waals surface area contributed by atoms with Gasteiger partial charge in [-0.2, -0.15) is 0 Å². The molecule has 0 aliphatic carbocycles. The number of ether oxygens (including phenoxy) is 1. The molecule has 6 nitrogen and oxygen atoms in total. The molecule has 2 N–H and O–H groups in total. The highest BCUT2D eigenvalue weighted by Gasteiger charge is 2.38. The predicted octanol–water partition coefficient (Wildman–Crippen LogP) is -0.472. The average molecular weight is 290 g/mol. The van der Waals surface area contributed by atoms with Crippen LogP contribution in [0.5, 0.6) is 0 Å². The molecule has 2 aliphatic heterocycles. The van der Waals surface area contributed by atoms with Crippen molar-refractivity contribution in [2.75, 3.05) is 24.6 Å². The summed E-state index contributed by atoms with van der Waals surface area (Å²) in [6.07, 6.45) is 1.52. The van der Waals surface area contributed by atoms with Crippen molar-refractivity contribution in [2.24, 2.45) is 5.73 Å². The van der Waals surface area contributed by atoms with Crippen LogP contribution in [0.2, 0.25) is 0 Å². The number of rotatable bonds is 4. The molecule has 2 aliphatic rings. The molecular formula is C12H22N2O4S. The molecule has 0 radical (unpaired) electrons. The fourth-order valence-electron chi connectivity index (χ4n) is 2.86. The second-order valence-corrected chi connectivity index (χ2v) is 7.47. The van der Waals surface area contributed by atoms with Crippen LogP contribution in [0, 0.1) is 0 Å². The molecule has 2 fully saturated rings. The standard InChI is InChI=1S/C12H22N2O4S/c1-2-14(9-5-6-19(16,17)8-9)12(15)11-4-3-10(7-13)18-11/h9-11H,2-8,13H2,1H3/t9?,10-,11+/m1/s1. The zero-order valence-corrected chi connectivity index (χ0v) is 12.1. The van der Waals surface area contributed by atoms with Crippen LogP contribution in [0.4, 0.5) is 0 Å². The molecule has 3 atom stereocenters. The number of carbonyl (C=O) groups excluding carboxylic acids is 1. The first-order valence-corrected chi connectivity index (χ1v) is 8.65. The van der Waals surface area contributed by atoms with E-state index in [2.05, 4.69) is 0 Å². The average Bonchev–Trinajstić information content (AvgIpc) is 2.96. The first-order valence-electron chi connectivity index (χ1n) is 6.83. The molecule has 1 unspecified atom stereocenters. The van der Waals surface area contributed by atoms with Crippen LogP contribution in [-0.2, 0) is 19.4 Å². The summed E-state index contributed by atoms with van der Waals surface area (Å²) in [6.45, 7) is 2.82. The molecule has 110 valence electrons. The third kappa shape index (κ3) is 3.27. The normalized spacial score (nSPS) is 33.5. The van der Waals surface area contributed by atoms with Crippen molar-refractivity contribution >= 4 is 15.7 Å². The molecule has 7 heteroatoms. The van der Waals surface area contributed by atoms with Crippen molar-refractivity contribution in [2.45, 2.75) is 44.4 Å². The van der Waals surface area contributed by atoms with E-state index in [9.17, 15) is 13.2 Å². The fraction of sp³-hybridized carbons (Fsp3) is 0.917. The Balaban J connectivity index is 2.00. The van der Waals surface area contributed by atoms with Gasteiger partial charge in [0.2, 0.25) is 0 Å². The van der Waals surface area contributed by atoms with Gasteiger partial charge in [0.05, 0.1) is 17.6 Å². The van der Waals surface area contributed by atoms with Crippen LogP contribution in [0.3, 0.4) is 0 Å². The number of amides is 1. The molecule has 2 saturated heterocycles. The minimum absolute atomic E-state index is 0.0417. The first kappa shape index (κ1) is 14.7. The van der Waals surface area contributed by atoms with E-state index in [1.807, 2.05) is 6.92 Å². The van der Waals surface area contributed by atoms with Crippen molar-refractivity contribution in [3.63, 3.8) is 0 Å². The number of sulfone groups is 1. The van der Waals surface area contributed by atoms with E-state index >= 15 is 0 Å². The van der Waals surface area contributed by atoms with Crippen molar-refractivity contribution in [1.29, 1.82) is 0 Å². The van der Waals surface area contributed by atoms with E-state index in [0.29, 0.717) is 25.9 Å². The molecule has 2 heterocycles. The van der Waals surface area contributed by atoms with E-state index < -0.39 is 15.9 Å². The highest BCUT2D eigenvalue weighted by Crippen LogP contribution is 2.24. The van der Waals surface area contributed by atoms with Gasteiger partial charge in [-0.3, -0.25) is 4.79 Å². The quantitative estimate of drug-likeness (QED) is 0.756. The predicted molar refractivity (Wildman–Crippen MR) is 71.4 cm³/mol. The SMILES string of the molecule is CCN(C(=O)[C@@H]1CC[C@H](CN)O1)C1CCS(=O)(=O)C1. The highest BCUT2D eigenvalue weighted by atomic mass is 32.2. The second kappa shape index (κ2) is 5.76. The maximum atomic E-state index is 12.4. The Morgan fingerprint density at radius 1 is 1.37 bits per heavy atom. The third-order valence-electron chi connectivity index (χ3n) is 3.92. The van der Waals surface area contributed by atoms with Gasteiger partial charge in [0.25, 0.3) is 5.91 Å². The number of nitrogens with zero attached hydrogens (tertiary/aromatic N) is 1. The number of carbonyl (C=O) groups is 1. The monoisotopic (exact) mass is 290 g/mol. The lowest BCUT2D eigenvalue weighted by atomic mass is 10.1. The summed E-state index contributed by atoms with van der Waals surface area (Å²) in [7, 11) is -2.98. The summed E-state index contributed by atoms with van der Waals surface area (Å²) in [5, 5.41) is 0. The molecule has 0 bridgehead atoms. The van der Waals surface area contributed by atoms with Crippen LogP contribution in [-0.4, -0.2) is 62.1 Å². The van der Waals surface area contributed by atoms with Gasteiger partial charge in [-0.15, -0.1) is 0 Å². The maximum Gasteiger partial charge on any atom is 0.251 e. The van der Waals surface area contributed by atoms with E-state index in [0.717, 1.165) is 6.42 Å². The summed E-state index contributed by atoms with van der Waals surface area (Å²) >= 11 is 0. The van der Waals surface area contributed by atoms with Crippen LogP contribution in [0.15, 0.2) is 0 Å². The lowest BCUT2D eigenvalue weighted by Crippen LogP contribution is -2.46. The van der Waals surface area contributed by atoms with Gasteiger partial charge in [-0.25, -0.2) is 8.42 Å². The van der Waals surface area contributed by atoms with Gasteiger partial charge in [-0.1, -0.05) is 0 Å². The second-order valence-electron chi connectivity index (χ2n) is 5.24. The molecule has 0 aromatic carbocycles. The topological polar surface area (TPSA) is 89.7 Å². The van der Waals surface area contributed by atoms with Gasteiger partial charge in [0.1, 0.15) is 6.10 Å². The summed E-state index contributed by atoms with van der Waals surface area (Å²) in [4.78, 5) is 14.1. The molecular weight excluding hydrogens is 268 g/mol. The highest BCUT2D eigenvalue weighted by molar-refractivity contribution is 7.91. The van der Waals surface area contributed by atoms with Crippen molar-refractivity contribution in [3.8, 4) is 0 Å². The van der Waals surface area contributed by atoms with Crippen molar-refractivity contribution in [3.05, 3.63) is 0 Å². The maximum absolute atomic E-state index is 12.4. The molecule has 0 saturated carbocycles. The lowest BCUT2D eigenvalue weighted by Gasteiger charge is -2.29. The van der Waals surface area contributed by atoms with Crippen molar-refractivity contribution in [1.82, 2.24) is 4.90 Å². The van der Waals surface area contributed by atoms with Crippen LogP contribution in [0.1, 0.15) is 26.2 Å². The smallest absolute Gasteiger partial charge is 0.251 e. The molecule has 1 amide bonds. The van der Waals surface area contributed by atoms with Gasteiger partial charge in [-0.05, 0) is 26.2 Å². The third-order valence-corrected chi connectivity index (χ3v) is 5.67. The number of hydrogen-bond acceptors (Lipinski definition) is 5. The van der Waals surface area contributed by atoms with Gasteiger partial charge < -0.3 is 15.4 Å². The summed E-state index contributed by atoms with van der Waals surface area (Å²) < 4.78 is 28.6. The van der Waals surface area contributed by atoms with Gasteiger partial charge in [0.15, 0.2) is 9.84 Å². The zero-order valence-electron chi connectivity index (χ0n) is 11.2. The van der Waals surface area contributed by atoms with Crippen LogP contribution >= 0.6 is 0 Å². The van der Waals surface area contributed by atoms with Gasteiger partial charge in [0, 0.05) is 19.1 Å². The van der Waals surface area contributed by atoms with Gasteiger partial charge >= 0.3 is 0 Å². The summed E-state index contributed by atoms with van der Waals surface area (Å²) in [6, 6.07) is -0.192. The largest absolute Gasteiger partial charge is 0.364 e. The van der Waals surface area contributed by atoms with Crippen molar-refractivity contribution < 1.29 is 17.9 Å². The minimum Gasteiger partial charge on any atom is -0.364 e. The van der Waals surface area contributed by atoms with E-state index in [1.165, 1.54) is 0 Å². The molecule has 19 heavy (non-hydrogen) atoms.